The van der Waals surface area contributed by atoms with Crippen molar-refractivity contribution < 1.29 is 13.5 Å². The summed E-state index contributed by atoms with van der Waals surface area (Å²) < 4.78 is 26.3. The predicted molar refractivity (Wildman–Crippen MR) is 76.0 cm³/mol. The largest absolute Gasteiger partial charge is 0.392 e. The van der Waals surface area contributed by atoms with Crippen LogP contribution in [-0.4, -0.2) is 30.8 Å². The number of nitrogens with one attached hydrogen (secondary N) is 1. The van der Waals surface area contributed by atoms with Gasteiger partial charge in [-0.2, -0.15) is 13.5 Å². The van der Waals surface area contributed by atoms with Crippen molar-refractivity contribution in [2.75, 3.05) is 11.4 Å². The third-order valence-corrected chi connectivity index (χ3v) is 4.95. The molecule has 2 rings (SSSR count). The summed E-state index contributed by atoms with van der Waals surface area (Å²) in [4.78, 5) is 0. The van der Waals surface area contributed by atoms with Gasteiger partial charge in [0.05, 0.1) is 18.5 Å². The molecule has 0 aliphatic rings. The Bertz CT molecular complexity index is 722. The van der Waals surface area contributed by atoms with Gasteiger partial charge in [0.25, 0.3) is 10.0 Å². The van der Waals surface area contributed by atoms with E-state index < -0.39 is 10.0 Å². The number of H-pyrrole nitrogens is 1. The Hall–Kier alpha value is -1.86. The van der Waals surface area contributed by atoms with E-state index in [4.69, 9.17) is 0 Å². The highest BCUT2D eigenvalue weighted by Crippen LogP contribution is 2.26. The number of aliphatic hydroxyl groups is 1. The van der Waals surface area contributed by atoms with Gasteiger partial charge in [-0.3, -0.25) is 9.40 Å². The number of sulfonamides is 1. The van der Waals surface area contributed by atoms with Crippen molar-refractivity contribution in [2.24, 2.45) is 0 Å². The second-order valence-corrected chi connectivity index (χ2v) is 6.55. The molecule has 0 amide bonds. The minimum atomic E-state index is -3.77. The molecule has 0 spiro atoms. The lowest BCUT2D eigenvalue weighted by atomic mass is 10.1. The highest BCUT2D eigenvalue weighted by molar-refractivity contribution is 7.92. The van der Waals surface area contributed by atoms with E-state index in [1.807, 2.05) is 26.0 Å². The molecule has 1 heterocycles. The van der Waals surface area contributed by atoms with Gasteiger partial charge >= 0.3 is 0 Å². The molecule has 0 fully saturated rings. The van der Waals surface area contributed by atoms with E-state index >= 15 is 0 Å². The lowest BCUT2D eigenvalue weighted by Gasteiger charge is -2.21. The molecule has 0 bridgehead atoms. The molecule has 2 aromatic rings. The molecule has 20 heavy (non-hydrogen) atoms. The average molecular weight is 295 g/mol. The SMILES string of the molecule is Cc1ccc(N(C)S(=O)(=O)c2[nH]ncc2CO)c(C)c1. The summed E-state index contributed by atoms with van der Waals surface area (Å²) in [6, 6.07) is 5.53. The maximum atomic E-state index is 12.6. The highest BCUT2D eigenvalue weighted by Gasteiger charge is 2.26. The molecular weight excluding hydrogens is 278 g/mol. The number of aromatic nitrogens is 2. The Kier molecular flexibility index (Phi) is 3.82. The molecule has 108 valence electrons. The predicted octanol–water partition coefficient (Wildman–Crippen LogP) is 1.34. The Balaban J connectivity index is 2.49. The number of benzene rings is 1. The molecule has 0 radical (unpaired) electrons. The zero-order valence-corrected chi connectivity index (χ0v) is 12.4. The standard InChI is InChI=1S/C13H17N3O3S/c1-9-4-5-12(10(2)6-9)16(3)20(18,19)13-11(8-17)7-14-15-13/h4-7,17H,8H2,1-3H3,(H,14,15). The van der Waals surface area contributed by atoms with Crippen molar-refractivity contribution in [3.05, 3.63) is 41.1 Å². The fourth-order valence-corrected chi connectivity index (χ4v) is 3.41. The molecule has 0 atom stereocenters. The van der Waals surface area contributed by atoms with E-state index in [2.05, 4.69) is 10.2 Å². The van der Waals surface area contributed by atoms with Crippen molar-refractivity contribution in [1.29, 1.82) is 0 Å². The van der Waals surface area contributed by atoms with Gasteiger partial charge in [0.1, 0.15) is 0 Å². The van der Waals surface area contributed by atoms with E-state index in [-0.39, 0.29) is 17.2 Å². The summed E-state index contributed by atoms with van der Waals surface area (Å²) >= 11 is 0. The topological polar surface area (TPSA) is 86.3 Å². The quantitative estimate of drug-likeness (QED) is 0.891. The lowest BCUT2D eigenvalue weighted by Crippen LogP contribution is -2.28. The summed E-state index contributed by atoms with van der Waals surface area (Å²) in [6.07, 6.45) is 1.31. The molecule has 0 aliphatic heterocycles. The summed E-state index contributed by atoms with van der Waals surface area (Å²) in [5.74, 6) is 0. The van der Waals surface area contributed by atoms with E-state index in [9.17, 15) is 13.5 Å². The molecule has 0 unspecified atom stereocenters. The van der Waals surface area contributed by atoms with Crippen LogP contribution < -0.4 is 4.31 Å². The Morgan fingerprint density at radius 3 is 2.65 bits per heavy atom. The van der Waals surface area contributed by atoms with E-state index in [1.54, 1.807) is 6.07 Å². The lowest BCUT2D eigenvalue weighted by molar-refractivity contribution is 0.278. The number of hydrogen-bond donors (Lipinski definition) is 2. The molecule has 2 N–H and O–H groups in total. The zero-order chi connectivity index (χ0) is 14.9. The van der Waals surface area contributed by atoms with Crippen LogP contribution >= 0.6 is 0 Å². The first kappa shape index (κ1) is 14.5. The van der Waals surface area contributed by atoms with Crippen molar-refractivity contribution in [2.45, 2.75) is 25.5 Å². The fourth-order valence-electron chi connectivity index (χ4n) is 2.06. The molecular formula is C13H17N3O3S. The van der Waals surface area contributed by atoms with Crippen LogP contribution in [0.25, 0.3) is 0 Å². The number of aromatic amines is 1. The van der Waals surface area contributed by atoms with E-state index in [1.165, 1.54) is 17.5 Å². The van der Waals surface area contributed by atoms with Gasteiger partial charge in [-0.1, -0.05) is 17.7 Å². The minimum Gasteiger partial charge on any atom is -0.392 e. The average Bonchev–Trinajstić information content (AvgIpc) is 2.87. The van der Waals surface area contributed by atoms with E-state index in [0.29, 0.717) is 5.69 Å². The number of rotatable bonds is 4. The van der Waals surface area contributed by atoms with Gasteiger partial charge < -0.3 is 5.11 Å². The monoisotopic (exact) mass is 295 g/mol. The maximum absolute atomic E-state index is 12.6. The second-order valence-electron chi connectivity index (χ2n) is 4.64. The highest BCUT2D eigenvalue weighted by atomic mass is 32.2. The van der Waals surface area contributed by atoms with E-state index in [0.717, 1.165) is 11.1 Å². The summed E-state index contributed by atoms with van der Waals surface area (Å²) in [5, 5.41) is 15.2. The number of hydrogen-bond acceptors (Lipinski definition) is 4. The van der Waals surface area contributed by atoms with Gasteiger partial charge in [0, 0.05) is 12.6 Å². The van der Waals surface area contributed by atoms with Crippen LogP contribution in [0.5, 0.6) is 0 Å². The van der Waals surface area contributed by atoms with Crippen LogP contribution in [0.2, 0.25) is 0 Å². The van der Waals surface area contributed by atoms with Gasteiger partial charge in [-0.25, -0.2) is 0 Å². The molecule has 7 heteroatoms. The number of aryl methyl sites for hydroxylation is 2. The fraction of sp³-hybridized carbons (Fsp3) is 0.308. The first-order valence-electron chi connectivity index (χ1n) is 6.07. The molecule has 6 nitrogen and oxygen atoms in total. The normalized spacial score (nSPS) is 11.6. The summed E-state index contributed by atoms with van der Waals surface area (Å²) in [6.45, 7) is 3.42. The molecule has 0 saturated heterocycles. The van der Waals surface area contributed by atoms with Gasteiger partial charge in [-0.15, -0.1) is 0 Å². The van der Waals surface area contributed by atoms with Crippen LogP contribution in [-0.2, 0) is 16.6 Å². The van der Waals surface area contributed by atoms with Crippen LogP contribution in [0.15, 0.2) is 29.4 Å². The van der Waals surface area contributed by atoms with Gasteiger partial charge in [-0.05, 0) is 25.5 Å². The van der Waals surface area contributed by atoms with Crippen molar-refractivity contribution >= 4 is 15.7 Å². The number of nitrogens with zero attached hydrogens (tertiary/aromatic N) is 2. The molecule has 0 saturated carbocycles. The smallest absolute Gasteiger partial charge is 0.281 e. The Morgan fingerprint density at radius 1 is 1.35 bits per heavy atom. The van der Waals surface area contributed by atoms with Crippen molar-refractivity contribution in [3.63, 3.8) is 0 Å². The second kappa shape index (κ2) is 5.26. The van der Waals surface area contributed by atoms with Gasteiger partial charge in [0.15, 0.2) is 5.03 Å². The molecule has 1 aromatic heterocycles. The third-order valence-electron chi connectivity index (χ3n) is 3.16. The van der Waals surface area contributed by atoms with Crippen LogP contribution in [0, 0.1) is 13.8 Å². The minimum absolute atomic E-state index is 0.0810. The van der Waals surface area contributed by atoms with Crippen molar-refractivity contribution in [1.82, 2.24) is 10.2 Å². The van der Waals surface area contributed by atoms with Gasteiger partial charge in [0.2, 0.25) is 0 Å². The summed E-state index contributed by atoms with van der Waals surface area (Å²) in [5.41, 5.74) is 2.77. The molecule has 0 aliphatic carbocycles. The third kappa shape index (κ3) is 2.41. The number of anilines is 1. The molecule has 1 aromatic carbocycles. The Morgan fingerprint density at radius 2 is 2.05 bits per heavy atom. The van der Waals surface area contributed by atoms with Crippen molar-refractivity contribution in [3.8, 4) is 0 Å². The first-order valence-corrected chi connectivity index (χ1v) is 7.51. The van der Waals surface area contributed by atoms with Crippen LogP contribution in [0.4, 0.5) is 5.69 Å². The zero-order valence-electron chi connectivity index (χ0n) is 11.6. The number of aliphatic hydroxyl groups excluding tert-OH is 1. The Labute approximate surface area is 118 Å². The maximum Gasteiger partial charge on any atom is 0.281 e. The summed E-state index contributed by atoms with van der Waals surface area (Å²) in [7, 11) is -2.29. The van der Waals surface area contributed by atoms with Crippen LogP contribution in [0.1, 0.15) is 16.7 Å². The first-order chi connectivity index (χ1) is 9.37. The van der Waals surface area contributed by atoms with Crippen LogP contribution in [0.3, 0.4) is 0 Å².